The molecule has 0 unspecified atom stereocenters. The number of rotatable bonds is 10. The highest BCUT2D eigenvalue weighted by Crippen LogP contribution is 2.14. The van der Waals surface area contributed by atoms with Gasteiger partial charge in [0.15, 0.2) is 0 Å². The van der Waals surface area contributed by atoms with Crippen LogP contribution in [0.3, 0.4) is 0 Å². The summed E-state index contributed by atoms with van der Waals surface area (Å²) in [6.45, 7) is 7.59. The van der Waals surface area contributed by atoms with E-state index < -0.39 is 10.0 Å². The van der Waals surface area contributed by atoms with Crippen LogP contribution in [0.5, 0.6) is 0 Å². The van der Waals surface area contributed by atoms with Crippen molar-refractivity contribution in [2.45, 2.75) is 38.3 Å². The fraction of sp³-hybridized carbons (Fsp3) is 0.714. The molecule has 1 rings (SSSR count). The molecule has 0 saturated carbocycles. The van der Waals surface area contributed by atoms with Gasteiger partial charge in [-0.1, -0.05) is 6.92 Å². The van der Waals surface area contributed by atoms with Crippen molar-refractivity contribution in [3.63, 3.8) is 0 Å². The second-order valence-corrected chi connectivity index (χ2v) is 7.10. The maximum Gasteiger partial charge on any atom is 0.242 e. The average molecular weight is 316 g/mol. The van der Waals surface area contributed by atoms with Crippen molar-refractivity contribution in [2.75, 3.05) is 33.7 Å². The van der Waals surface area contributed by atoms with E-state index >= 15 is 0 Å². The number of aryl methyl sites for hydroxylation is 1. The summed E-state index contributed by atoms with van der Waals surface area (Å²) >= 11 is 0. The number of nitrogens with one attached hydrogen (secondary N) is 2. The molecule has 0 fully saturated rings. The monoisotopic (exact) mass is 316 g/mol. The predicted molar refractivity (Wildman–Crippen MR) is 85.8 cm³/mol. The van der Waals surface area contributed by atoms with Crippen LogP contribution in [0.15, 0.2) is 17.2 Å². The summed E-state index contributed by atoms with van der Waals surface area (Å²) in [6, 6.07) is 1.75. The fourth-order valence-corrected chi connectivity index (χ4v) is 3.08. The molecule has 0 aliphatic heterocycles. The molecule has 1 aromatic rings. The van der Waals surface area contributed by atoms with E-state index in [0.717, 1.165) is 25.2 Å². The van der Waals surface area contributed by atoms with Gasteiger partial charge in [-0.25, -0.2) is 13.1 Å². The summed E-state index contributed by atoms with van der Waals surface area (Å²) < 4.78 is 29.1. The Bertz CT molecular complexity index is 523. The van der Waals surface area contributed by atoms with Gasteiger partial charge in [-0.2, -0.15) is 0 Å². The zero-order valence-corrected chi connectivity index (χ0v) is 14.3. The first-order chi connectivity index (χ1) is 9.90. The van der Waals surface area contributed by atoms with Gasteiger partial charge in [0.1, 0.15) is 0 Å². The molecule has 0 radical (unpaired) electrons. The number of sulfonamides is 1. The molecule has 0 aliphatic rings. The van der Waals surface area contributed by atoms with Crippen LogP contribution in [0.25, 0.3) is 0 Å². The second kappa shape index (κ2) is 8.53. The molecule has 0 amide bonds. The number of hydrogen-bond acceptors (Lipinski definition) is 4. The van der Waals surface area contributed by atoms with Crippen molar-refractivity contribution in [3.05, 3.63) is 18.0 Å². The van der Waals surface area contributed by atoms with Crippen LogP contribution in [0.2, 0.25) is 0 Å². The van der Waals surface area contributed by atoms with Crippen LogP contribution < -0.4 is 10.0 Å². The average Bonchev–Trinajstić information content (AvgIpc) is 2.82. The summed E-state index contributed by atoms with van der Waals surface area (Å²) in [5, 5.41) is 3.31. The van der Waals surface area contributed by atoms with E-state index in [4.69, 9.17) is 0 Å². The smallest absolute Gasteiger partial charge is 0.242 e. The van der Waals surface area contributed by atoms with Gasteiger partial charge in [0.05, 0.1) is 4.90 Å². The van der Waals surface area contributed by atoms with E-state index in [1.165, 1.54) is 0 Å². The van der Waals surface area contributed by atoms with Gasteiger partial charge < -0.3 is 14.8 Å². The van der Waals surface area contributed by atoms with Gasteiger partial charge in [0.25, 0.3) is 0 Å². The molecule has 0 spiro atoms. The predicted octanol–water partition coefficient (Wildman–Crippen LogP) is 0.848. The Morgan fingerprint density at radius 1 is 1.24 bits per heavy atom. The Hall–Kier alpha value is -0.890. The summed E-state index contributed by atoms with van der Waals surface area (Å²) in [4.78, 5) is 2.29. The van der Waals surface area contributed by atoms with Gasteiger partial charge in [-0.3, -0.25) is 0 Å². The number of hydrogen-bond donors (Lipinski definition) is 2. The van der Waals surface area contributed by atoms with Crippen molar-refractivity contribution >= 4 is 10.0 Å². The molecule has 0 aromatic carbocycles. The summed E-state index contributed by atoms with van der Waals surface area (Å²) in [6.07, 6.45) is 2.77. The molecule has 6 nitrogen and oxygen atoms in total. The van der Waals surface area contributed by atoms with Gasteiger partial charge in [-0.05, 0) is 40.1 Å². The third kappa shape index (κ3) is 5.78. The van der Waals surface area contributed by atoms with E-state index in [-0.39, 0.29) is 0 Å². The van der Waals surface area contributed by atoms with Crippen LogP contribution in [-0.2, 0) is 23.1 Å². The Morgan fingerprint density at radius 3 is 2.52 bits per heavy atom. The maximum atomic E-state index is 12.3. The van der Waals surface area contributed by atoms with Crippen LogP contribution in [0.1, 0.15) is 26.0 Å². The third-order valence-corrected chi connectivity index (χ3v) is 4.62. The maximum absolute atomic E-state index is 12.3. The van der Waals surface area contributed by atoms with Crippen LogP contribution in [-0.4, -0.2) is 51.6 Å². The minimum Gasteiger partial charge on any atom is -0.349 e. The first-order valence-electron chi connectivity index (χ1n) is 7.44. The van der Waals surface area contributed by atoms with Crippen molar-refractivity contribution in [1.82, 2.24) is 19.5 Å². The first kappa shape index (κ1) is 18.2. The third-order valence-electron chi connectivity index (χ3n) is 3.20. The summed E-state index contributed by atoms with van der Waals surface area (Å²) in [5.74, 6) is 0. The van der Waals surface area contributed by atoms with Gasteiger partial charge >= 0.3 is 0 Å². The number of nitrogens with zero attached hydrogens (tertiary/aromatic N) is 2. The minimum absolute atomic E-state index is 0.344. The van der Waals surface area contributed by atoms with Crippen molar-refractivity contribution in [2.24, 2.45) is 0 Å². The Kier molecular flexibility index (Phi) is 7.37. The summed E-state index contributed by atoms with van der Waals surface area (Å²) in [5.41, 5.74) is 0.999. The number of likely N-dealkylation sites (N-methyl/N-ethyl adjacent to an activating group) is 1. The SMILES string of the molecule is CCCNCc1cc(S(=O)(=O)NCCN(C)C)cn1CC. The molecule has 2 N–H and O–H groups in total. The highest BCUT2D eigenvalue weighted by atomic mass is 32.2. The first-order valence-corrected chi connectivity index (χ1v) is 8.93. The lowest BCUT2D eigenvalue weighted by Crippen LogP contribution is -2.31. The minimum atomic E-state index is -3.42. The molecule has 1 aromatic heterocycles. The molecule has 21 heavy (non-hydrogen) atoms. The van der Waals surface area contributed by atoms with Crippen molar-refractivity contribution in [3.8, 4) is 0 Å². The molecule has 0 atom stereocenters. The quantitative estimate of drug-likeness (QED) is 0.628. The molecular weight excluding hydrogens is 288 g/mol. The Balaban J connectivity index is 2.77. The summed E-state index contributed by atoms with van der Waals surface area (Å²) in [7, 11) is 0.408. The highest BCUT2D eigenvalue weighted by molar-refractivity contribution is 7.89. The van der Waals surface area contributed by atoms with Crippen molar-refractivity contribution < 1.29 is 8.42 Å². The largest absolute Gasteiger partial charge is 0.349 e. The normalized spacial score (nSPS) is 12.2. The molecule has 7 heteroatoms. The highest BCUT2D eigenvalue weighted by Gasteiger charge is 2.17. The Labute approximate surface area is 128 Å². The standard InChI is InChI=1S/C14H28N4O2S/c1-5-7-15-11-13-10-14(12-18(13)6-2)21(19,20)16-8-9-17(3)4/h10,12,15-16H,5-9,11H2,1-4H3. The lowest BCUT2D eigenvalue weighted by atomic mass is 10.4. The van der Waals surface area contributed by atoms with E-state index in [1.54, 1.807) is 12.3 Å². The van der Waals surface area contributed by atoms with Crippen LogP contribution in [0.4, 0.5) is 0 Å². The zero-order valence-electron chi connectivity index (χ0n) is 13.5. The topological polar surface area (TPSA) is 66.4 Å². The van der Waals surface area contributed by atoms with E-state index in [0.29, 0.717) is 24.5 Å². The molecule has 0 bridgehead atoms. The lowest BCUT2D eigenvalue weighted by Gasteiger charge is -2.10. The van der Waals surface area contributed by atoms with E-state index in [9.17, 15) is 8.42 Å². The van der Waals surface area contributed by atoms with Crippen molar-refractivity contribution in [1.29, 1.82) is 0 Å². The molecule has 122 valence electrons. The second-order valence-electron chi connectivity index (χ2n) is 5.33. The fourth-order valence-electron chi connectivity index (χ4n) is 1.99. The Morgan fingerprint density at radius 2 is 1.95 bits per heavy atom. The molecule has 0 saturated heterocycles. The molecular formula is C14H28N4O2S. The molecule has 1 heterocycles. The van der Waals surface area contributed by atoms with Crippen LogP contribution in [0, 0.1) is 0 Å². The van der Waals surface area contributed by atoms with E-state index in [1.807, 2.05) is 30.5 Å². The van der Waals surface area contributed by atoms with Gasteiger partial charge in [0.2, 0.25) is 10.0 Å². The van der Waals surface area contributed by atoms with Gasteiger partial charge in [0, 0.05) is 38.1 Å². The lowest BCUT2D eigenvalue weighted by molar-refractivity contribution is 0.412. The number of aromatic nitrogens is 1. The zero-order chi connectivity index (χ0) is 15.9. The van der Waals surface area contributed by atoms with Crippen LogP contribution >= 0.6 is 0 Å². The molecule has 0 aliphatic carbocycles. The van der Waals surface area contributed by atoms with Gasteiger partial charge in [-0.15, -0.1) is 0 Å². The van der Waals surface area contributed by atoms with E-state index in [2.05, 4.69) is 17.0 Å².